The highest BCUT2D eigenvalue weighted by atomic mass is 127. The van der Waals surface area contributed by atoms with E-state index in [-0.39, 0.29) is 6.04 Å². The zero-order valence-electron chi connectivity index (χ0n) is 9.73. The summed E-state index contributed by atoms with van der Waals surface area (Å²) in [7, 11) is 0. The van der Waals surface area contributed by atoms with Crippen LogP contribution in [0, 0.1) is 10.5 Å². The summed E-state index contributed by atoms with van der Waals surface area (Å²) in [5.74, 6) is 0. The molecule has 2 rings (SSSR count). The molecule has 0 aliphatic rings. The number of nitrogens with two attached hydrogens (primary N) is 1. The first-order valence-electron chi connectivity index (χ1n) is 5.58. The van der Waals surface area contributed by atoms with Crippen LogP contribution in [0.15, 0.2) is 42.6 Å². The van der Waals surface area contributed by atoms with Gasteiger partial charge in [0.1, 0.15) is 0 Å². The van der Waals surface area contributed by atoms with Gasteiger partial charge in [-0.15, -0.1) is 0 Å². The molecule has 0 aliphatic heterocycles. The fourth-order valence-corrected chi connectivity index (χ4v) is 2.05. The molecule has 0 aliphatic carbocycles. The third-order valence-electron chi connectivity index (χ3n) is 2.73. The number of aryl methyl sites for hydroxylation is 1. The molecule has 17 heavy (non-hydrogen) atoms. The average molecular weight is 338 g/mol. The van der Waals surface area contributed by atoms with Gasteiger partial charge in [-0.1, -0.05) is 18.2 Å². The summed E-state index contributed by atoms with van der Waals surface area (Å²) >= 11 is 2.30. The van der Waals surface area contributed by atoms with Gasteiger partial charge in [0.25, 0.3) is 0 Å². The normalized spacial score (nSPS) is 12.4. The molecule has 1 atom stereocenters. The fourth-order valence-electron chi connectivity index (χ4n) is 1.69. The number of benzene rings is 1. The van der Waals surface area contributed by atoms with Crippen molar-refractivity contribution < 1.29 is 0 Å². The van der Waals surface area contributed by atoms with E-state index in [0.29, 0.717) is 0 Å². The van der Waals surface area contributed by atoms with Gasteiger partial charge < -0.3 is 5.73 Å². The topological polar surface area (TPSA) is 38.9 Å². The summed E-state index contributed by atoms with van der Waals surface area (Å²) in [5.41, 5.74) is 9.55. The van der Waals surface area contributed by atoms with Gasteiger partial charge in [0, 0.05) is 21.5 Å². The summed E-state index contributed by atoms with van der Waals surface area (Å²) in [6.45, 7) is 1.98. The molecular weight excluding hydrogens is 323 g/mol. The van der Waals surface area contributed by atoms with E-state index in [9.17, 15) is 0 Å². The predicted molar refractivity (Wildman–Crippen MR) is 78.8 cm³/mol. The number of halogens is 1. The van der Waals surface area contributed by atoms with Crippen LogP contribution in [0.4, 0.5) is 0 Å². The van der Waals surface area contributed by atoms with E-state index in [0.717, 1.165) is 17.7 Å². The SMILES string of the molecule is Cc1ccc(C(N)Cc2ccc(I)cc2)cn1. The molecule has 0 saturated carbocycles. The van der Waals surface area contributed by atoms with Crippen LogP contribution in [0.2, 0.25) is 0 Å². The Hall–Kier alpha value is -0.940. The van der Waals surface area contributed by atoms with Crippen molar-refractivity contribution in [2.75, 3.05) is 0 Å². The van der Waals surface area contributed by atoms with Crippen LogP contribution < -0.4 is 5.73 Å². The lowest BCUT2D eigenvalue weighted by Crippen LogP contribution is -2.13. The molecule has 1 unspecified atom stereocenters. The standard InChI is InChI=1S/C14H15IN2/c1-10-2-5-12(9-17-10)14(16)8-11-3-6-13(15)7-4-11/h2-7,9,14H,8,16H2,1H3. The molecule has 0 radical (unpaired) electrons. The smallest absolute Gasteiger partial charge is 0.0372 e. The van der Waals surface area contributed by atoms with Crippen LogP contribution in [-0.4, -0.2) is 4.98 Å². The van der Waals surface area contributed by atoms with E-state index in [1.54, 1.807) is 0 Å². The van der Waals surface area contributed by atoms with E-state index in [4.69, 9.17) is 5.73 Å². The van der Waals surface area contributed by atoms with Crippen LogP contribution >= 0.6 is 22.6 Å². The first kappa shape index (κ1) is 12.5. The molecular formula is C14H15IN2. The Balaban J connectivity index is 2.08. The van der Waals surface area contributed by atoms with Crippen molar-refractivity contribution >= 4 is 22.6 Å². The number of rotatable bonds is 3. The van der Waals surface area contributed by atoms with Gasteiger partial charge in [0.2, 0.25) is 0 Å². The Kier molecular flexibility index (Phi) is 4.12. The Labute approximate surface area is 115 Å². The second-order valence-electron chi connectivity index (χ2n) is 4.17. The Morgan fingerprint density at radius 3 is 2.47 bits per heavy atom. The Bertz CT molecular complexity index is 477. The highest BCUT2D eigenvalue weighted by Gasteiger charge is 2.07. The molecule has 0 fully saturated rings. The van der Waals surface area contributed by atoms with Gasteiger partial charge in [-0.2, -0.15) is 0 Å². The van der Waals surface area contributed by atoms with Crippen molar-refractivity contribution in [3.05, 3.63) is 63.0 Å². The van der Waals surface area contributed by atoms with Crippen molar-refractivity contribution in [1.82, 2.24) is 4.98 Å². The maximum atomic E-state index is 6.17. The van der Waals surface area contributed by atoms with Crippen LogP contribution in [0.25, 0.3) is 0 Å². The summed E-state index contributed by atoms with van der Waals surface area (Å²) < 4.78 is 1.25. The van der Waals surface area contributed by atoms with Gasteiger partial charge >= 0.3 is 0 Å². The maximum absolute atomic E-state index is 6.17. The highest BCUT2D eigenvalue weighted by Crippen LogP contribution is 2.16. The molecule has 2 nitrogen and oxygen atoms in total. The number of hydrogen-bond acceptors (Lipinski definition) is 2. The van der Waals surface area contributed by atoms with Crippen molar-refractivity contribution in [1.29, 1.82) is 0 Å². The number of aromatic nitrogens is 1. The third kappa shape index (κ3) is 3.51. The van der Waals surface area contributed by atoms with E-state index >= 15 is 0 Å². The predicted octanol–water partition coefficient (Wildman–Crippen LogP) is 3.24. The average Bonchev–Trinajstić information content (AvgIpc) is 2.33. The molecule has 1 aromatic carbocycles. The molecule has 2 N–H and O–H groups in total. The Morgan fingerprint density at radius 1 is 1.18 bits per heavy atom. The van der Waals surface area contributed by atoms with Crippen LogP contribution in [0.1, 0.15) is 22.9 Å². The zero-order chi connectivity index (χ0) is 12.3. The number of hydrogen-bond donors (Lipinski definition) is 1. The second-order valence-corrected chi connectivity index (χ2v) is 5.42. The first-order valence-corrected chi connectivity index (χ1v) is 6.65. The minimum Gasteiger partial charge on any atom is -0.324 e. The third-order valence-corrected chi connectivity index (χ3v) is 3.45. The minimum atomic E-state index is 0.0168. The van der Waals surface area contributed by atoms with Gasteiger partial charge in [0.15, 0.2) is 0 Å². The van der Waals surface area contributed by atoms with Gasteiger partial charge in [0.05, 0.1) is 0 Å². The summed E-state index contributed by atoms with van der Waals surface area (Å²) in [6, 6.07) is 12.5. The van der Waals surface area contributed by atoms with Gasteiger partial charge in [-0.05, 0) is 65.3 Å². The minimum absolute atomic E-state index is 0.0168. The lowest BCUT2D eigenvalue weighted by Gasteiger charge is -2.12. The van der Waals surface area contributed by atoms with E-state index in [1.807, 2.05) is 19.2 Å². The molecule has 1 heterocycles. The summed E-state index contributed by atoms with van der Waals surface area (Å²) in [5, 5.41) is 0. The highest BCUT2D eigenvalue weighted by molar-refractivity contribution is 14.1. The molecule has 0 saturated heterocycles. The van der Waals surface area contributed by atoms with Crippen LogP contribution in [-0.2, 0) is 6.42 Å². The van der Waals surface area contributed by atoms with Gasteiger partial charge in [-0.3, -0.25) is 4.98 Å². The lowest BCUT2D eigenvalue weighted by molar-refractivity contribution is 0.717. The number of nitrogens with zero attached hydrogens (tertiary/aromatic N) is 1. The van der Waals surface area contributed by atoms with E-state index in [2.05, 4.69) is 57.9 Å². The number of pyridine rings is 1. The van der Waals surface area contributed by atoms with Crippen molar-refractivity contribution in [3.63, 3.8) is 0 Å². The quantitative estimate of drug-likeness (QED) is 0.873. The maximum Gasteiger partial charge on any atom is 0.0372 e. The molecule has 0 amide bonds. The van der Waals surface area contributed by atoms with Crippen LogP contribution in [0.3, 0.4) is 0 Å². The van der Waals surface area contributed by atoms with E-state index < -0.39 is 0 Å². The molecule has 2 aromatic rings. The van der Waals surface area contributed by atoms with E-state index in [1.165, 1.54) is 9.13 Å². The van der Waals surface area contributed by atoms with Crippen LogP contribution in [0.5, 0.6) is 0 Å². The monoisotopic (exact) mass is 338 g/mol. The first-order chi connectivity index (χ1) is 8.15. The summed E-state index contributed by atoms with van der Waals surface area (Å²) in [6.07, 6.45) is 2.72. The van der Waals surface area contributed by atoms with Gasteiger partial charge in [-0.25, -0.2) is 0 Å². The molecule has 3 heteroatoms. The zero-order valence-corrected chi connectivity index (χ0v) is 11.9. The molecule has 88 valence electrons. The molecule has 0 spiro atoms. The fraction of sp³-hybridized carbons (Fsp3) is 0.214. The lowest BCUT2D eigenvalue weighted by atomic mass is 10.0. The molecule has 0 bridgehead atoms. The summed E-state index contributed by atoms with van der Waals surface area (Å²) in [4.78, 5) is 4.27. The van der Waals surface area contributed by atoms with Crippen molar-refractivity contribution in [3.8, 4) is 0 Å². The Morgan fingerprint density at radius 2 is 1.88 bits per heavy atom. The second kappa shape index (κ2) is 5.60. The van der Waals surface area contributed by atoms with Crippen molar-refractivity contribution in [2.45, 2.75) is 19.4 Å². The largest absolute Gasteiger partial charge is 0.324 e. The van der Waals surface area contributed by atoms with Crippen molar-refractivity contribution in [2.24, 2.45) is 5.73 Å². The molecule has 1 aromatic heterocycles.